The van der Waals surface area contributed by atoms with Gasteiger partial charge < -0.3 is 10.1 Å². The van der Waals surface area contributed by atoms with Crippen molar-refractivity contribution in [2.75, 3.05) is 6.26 Å². The lowest BCUT2D eigenvalue weighted by molar-refractivity contribution is 0.282. The number of aromatic nitrogens is 1. The Hall–Kier alpha value is -2.44. The van der Waals surface area contributed by atoms with E-state index in [9.17, 15) is 17.9 Å². The molecular formula is C18H16FNO3S. The highest BCUT2D eigenvalue weighted by molar-refractivity contribution is 7.90. The molecule has 2 N–H and O–H groups in total. The highest BCUT2D eigenvalue weighted by atomic mass is 32.2. The van der Waals surface area contributed by atoms with E-state index in [2.05, 4.69) is 4.98 Å². The standard InChI is InChI=1S/C18H16FNO3S/c1-24(22,23)16-8-4-13(5-9-16)18-17(14(11-21)10-20-18)12-2-6-15(19)7-3-12/h2-10,20-21H,11H2,1H3. The van der Waals surface area contributed by atoms with E-state index in [0.717, 1.165) is 28.6 Å². The molecular weight excluding hydrogens is 329 g/mol. The van der Waals surface area contributed by atoms with Crippen molar-refractivity contribution in [3.63, 3.8) is 0 Å². The second kappa shape index (κ2) is 6.22. The number of rotatable bonds is 4. The maximum Gasteiger partial charge on any atom is 0.175 e. The van der Waals surface area contributed by atoms with E-state index in [1.54, 1.807) is 42.6 Å². The number of sulfone groups is 1. The van der Waals surface area contributed by atoms with Crippen molar-refractivity contribution in [3.05, 3.63) is 66.1 Å². The van der Waals surface area contributed by atoms with Gasteiger partial charge in [-0.1, -0.05) is 24.3 Å². The number of hydrogen-bond donors (Lipinski definition) is 2. The lowest BCUT2D eigenvalue weighted by Gasteiger charge is -2.08. The molecule has 6 heteroatoms. The van der Waals surface area contributed by atoms with Gasteiger partial charge in [0.1, 0.15) is 5.82 Å². The summed E-state index contributed by atoms with van der Waals surface area (Å²) in [5.41, 5.74) is 3.74. The van der Waals surface area contributed by atoms with Gasteiger partial charge in [-0.3, -0.25) is 0 Å². The first kappa shape index (κ1) is 16.4. The molecule has 4 nitrogen and oxygen atoms in total. The average Bonchev–Trinajstić information content (AvgIpc) is 2.99. The third-order valence-electron chi connectivity index (χ3n) is 3.84. The minimum Gasteiger partial charge on any atom is -0.392 e. The van der Waals surface area contributed by atoms with Crippen LogP contribution in [0.3, 0.4) is 0 Å². The van der Waals surface area contributed by atoms with Gasteiger partial charge in [-0.15, -0.1) is 0 Å². The summed E-state index contributed by atoms with van der Waals surface area (Å²) in [6.45, 7) is -0.162. The first-order valence-corrected chi connectivity index (χ1v) is 9.17. The van der Waals surface area contributed by atoms with Crippen LogP contribution < -0.4 is 0 Å². The Morgan fingerprint density at radius 1 is 1.00 bits per heavy atom. The fourth-order valence-corrected chi connectivity index (χ4v) is 3.26. The molecule has 2 aromatic carbocycles. The number of H-pyrrole nitrogens is 1. The molecule has 0 aliphatic carbocycles. The maximum atomic E-state index is 13.2. The maximum absolute atomic E-state index is 13.2. The molecule has 1 heterocycles. The molecule has 0 radical (unpaired) electrons. The van der Waals surface area contributed by atoms with Crippen LogP contribution in [0.2, 0.25) is 0 Å². The van der Waals surface area contributed by atoms with Crippen LogP contribution in [-0.2, 0) is 16.4 Å². The Labute approximate surface area is 139 Å². The number of halogens is 1. The van der Waals surface area contributed by atoms with Crippen LogP contribution in [-0.4, -0.2) is 24.8 Å². The Balaban J connectivity index is 2.12. The molecule has 0 saturated heterocycles. The predicted molar refractivity (Wildman–Crippen MR) is 90.7 cm³/mol. The largest absolute Gasteiger partial charge is 0.392 e. The molecule has 0 amide bonds. The van der Waals surface area contributed by atoms with Crippen molar-refractivity contribution in [3.8, 4) is 22.4 Å². The van der Waals surface area contributed by atoms with E-state index in [4.69, 9.17) is 0 Å². The number of aliphatic hydroxyl groups is 1. The Kier molecular flexibility index (Phi) is 4.26. The monoisotopic (exact) mass is 345 g/mol. The van der Waals surface area contributed by atoms with Crippen LogP contribution in [0.15, 0.2) is 59.6 Å². The molecule has 0 spiro atoms. The number of aliphatic hydroxyl groups excluding tert-OH is 1. The third-order valence-corrected chi connectivity index (χ3v) is 4.96. The lowest BCUT2D eigenvalue weighted by Crippen LogP contribution is -1.96. The second-order valence-electron chi connectivity index (χ2n) is 5.53. The Morgan fingerprint density at radius 2 is 1.58 bits per heavy atom. The highest BCUT2D eigenvalue weighted by Gasteiger charge is 2.15. The molecule has 0 saturated carbocycles. The third kappa shape index (κ3) is 3.11. The van der Waals surface area contributed by atoms with E-state index in [0.29, 0.717) is 5.56 Å². The number of hydrogen-bond acceptors (Lipinski definition) is 3. The van der Waals surface area contributed by atoms with Crippen molar-refractivity contribution < 1.29 is 17.9 Å². The van der Waals surface area contributed by atoms with Crippen molar-refractivity contribution >= 4 is 9.84 Å². The van der Waals surface area contributed by atoms with Gasteiger partial charge in [-0.05, 0) is 35.4 Å². The lowest BCUT2D eigenvalue weighted by atomic mass is 9.98. The quantitative estimate of drug-likeness (QED) is 0.761. The zero-order valence-corrected chi connectivity index (χ0v) is 13.8. The van der Waals surface area contributed by atoms with Crippen molar-refractivity contribution in [1.82, 2.24) is 4.98 Å². The van der Waals surface area contributed by atoms with Gasteiger partial charge in [0.25, 0.3) is 0 Å². The van der Waals surface area contributed by atoms with Crippen molar-refractivity contribution in [1.29, 1.82) is 0 Å². The molecule has 3 aromatic rings. The zero-order chi connectivity index (χ0) is 17.3. The summed E-state index contributed by atoms with van der Waals surface area (Å²) in [5, 5.41) is 9.57. The van der Waals surface area contributed by atoms with E-state index in [1.165, 1.54) is 12.1 Å². The summed E-state index contributed by atoms with van der Waals surface area (Å²) >= 11 is 0. The number of nitrogens with one attached hydrogen (secondary N) is 1. The van der Waals surface area contributed by atoms with Crippen molar-refractivity contribution in [2.24, 2.45) is 0 Å². The summed E-state index contributed by atoms with van der Waals surface area (Å²) < 4.78 is 36.3. The fourth-order valence-electron chi connectivity index (χ4n) is 2.63. The van der Waals surface area contributed by atoms with E-state index < -0.39 is 9.84 Å². The molecule has 24 heavy (non-hydrogen) atoms. The predicted octanol–water partition coefficient (Wildman–Crippen LogP) is 3.38. The number of aromatic amines is 1. The molecule has 124 valence electrons. The Morgan fingerprint density at radius 3 is 2.12 bits per heavy atom. The van der Waals surface area contributed by atoms with Crippen LogP contribution in [0.25, 0.3) is 22.4 Å². The van der Waals surface area contributed by atoms with E-state index >= 15 is 0 Å². The zero-order valence-electron chi connectivity index (χ0n) is 13.0. The Bertz CT molecular complexity index is 959. The van der Waals surface area contributed by atoms with Gasteiger partial charge in [0.05, 0.1) is 17.2 Å². The number of benzene rings is 2. The summed E-state index contributed by atoms with van der Waals surface area (Å²) in [5.74, 6) is -0.334. The second-order valence-corrected chi connectivity index (χ2v) is 7.54. The SMILES string of the molecule is CS(=O)(=O)c1ccc(-c2[nH]cc(CO)c2-c2ccc(F)cc2)cc1. The summed E-state index contributed by atoms with van der Waals surface area (Å²) in [7, 11) is -3.26. The van der Waals surface area contributed by atoms with Gasteiger partial charge in [0.2, 0.25) is 0 Å². The first-order valence-electron chi connectivity index (χ1n) is 7.27. The molecule has 0 unspecified atom stereocenters. The highest BCUT2D eigenvalue weighted by Crippen LogP contribution is 2.35. The van der Waals surface area contributed by atoms with Crippen molar-refractivity contribution in [2.45, 2.75) is 11.5 Å². The van der Waals surface area contributed by atoms with Crippen LogP contribution in [0.4, 0.5) is 4.39 Å². The van der Waals surface area contributed by atoms with Crippen LogP contribution in [0.5, 0.6) is 0 Å². The normalized spacial score (nSPS) is 11.6. The van der Waals surface area contributed by atoms with Gasteiger partial charge in [-0.25, -0.2) is 12.8 Å². The molecule has 3 rings (SSSR count). The van der Waals surface area contributed by atoms with Gasteiger partial charge in [0.15, 0.2) is 9.84 Å². The fraction of sp³-hybridized carbons (Fsp3) is 0.111. The molecule has 0 atom stereocenters. The smallest absolute Gasteiger partial charge is 0.175 e. The molecule has 0 fully saturated rings. The van der Waals surface area contributed by atoms with Gasteiger partial charge >= 0.3 is 0 Å². The molecule has 1 aromatic heterocycles. The molecule has 0 bridgehead atoms. The van der Waals surface area contributed by atoms with Crippen LogP contribution >= 0.6 is 0 Å². The van der Waals surface area contributed by atoms with E-state index in [-0.39, 0.29) is 17.3 Å². The minimum atomic E-state index is -3.26. The van der Waals surface area contributed by atoms with Gasteiger partial charge in [0, 0.05) is 23.6 Å². The van der Waals surface area contributed by atoms with Gasteiger partial charge in [-0.2, -0.15) is 0 Å². The summed E-state index contributed by atoms with van der Waals surface area (Å²) in [4.78, 5) is 3.35. The van der Waals surface area contributed by atoms with E-state index in [1.807, 2.05) is 0 Å². The first-order chi connectivity index (χ1) is 11.4. The minimum absolute atomic E-state index is 0.162. The summed E-state index contributed by atoms with van der Waals surface area (Å²) in [6.07, 6.45) is 2.85. The molecule has 0 aliphatic rings. The van der Waals surface area contributed by atoms with Crippen LogP contribution in [0.1, 0.15) is 5.56 Å². The molecule has 0 aliphatic heterocycles. The van der Waals surface area contributed by atoms with Crippen LogP contribution in [0, 0.1) is 5.82 Å². The summed E-state index contributed by atoms with van der Waals surface area (Å²) in [6, 6.07) is 12.5. The average molecular weight is 345 g/mol. The topological polar surface area (TPSA) is 70.2 Å².